The summed E-state index contributed by atoms with van der Waals surface area (Å²) in [5.41, 5.74) is 10.6. The van der Waals surface area contributed by atoms with E-state index in [0.717, 1.165) is 39.2 Å². The zero-order valence-corrected chi connectivity index (χ0v) is 21.8. The summed E-state index contributed by atoms with van der Waals surface area (Å²) in [6.07, 6.45) is 9.51. The lowest BCUT2D eigenvalue weighted by Gasteiger charge is -2.44. The van der Waals surface area contributed by atoms with Crippen molar-refractivity contribution in [3.05, 3.63) is 69.8 Å². The number of fused-ring (bicyclic) bond motifs is 2. The maximum atomic E-state index is 14.6. The number of likely N-dealkylation sites (N-methyl/N-ethyl adjacent to an activating group) is 1. The Morgan fingerprint density at radius 2 is 2.08 bits per heavy atom. The van der Waals surface area contributed by atoms with Gasteiger partial charge in [-0.15, -0.1) is 0 Å². The minimum atomic E-state index is -0.340. The van der Waals surface area contributed by atoms with Crippen LogP contribution < -0.4 is 10.7 Å². The number of hydrazone groups is 1. The second kappa shape index (κ2) is 8.67. The van der Waals surface area contributed by atoms with Crippen molar-refractivity contribution < 1.29 is 14.3 Å². The Hall–Kier alpha value is -3.23. The highest BCUT2D eigenvalue weighted by Gasteiger charge is 2.42. The van der Waals surface area contributed by atoms with Crippen LogP contribution >= 0.6 is 0 Å². The van der Waals surface area contributed by atoms with Crippen LogP contribution in [0.5, 0.6) is 0 Å². The quantitative estimate of drug-likeness (QED) is 0.589. The molecule has 2 aliphatic carbocycles. The molecule has 1 aromatic rings. The predicted octanol–water partition coefficient (Wildman–Crippen LogP) is 3.00. The molecule has 3 aliphatic heterocycles. The number of aliphatic hydroxyl groups is 1. The molecule has 8 heteroatoms. The molecule has 6 rings (SSSR count). The highest BCUT2D eigenvalue weighted by atomic mass is 19.1. The van der Waals surface area contributed by atoms with E-state index in [2.05, 4.69) is 41.8 Å². The average Bonchev–Trinajstić information content (AvgIpc) is 3.16. The number of hydrogen-bond donors (Lipinski definition) is 3. The Balaban J connectivity index is 1.35. The number of rotatable bonds is 4. The summed E-state index contributed by atoms with van der Waals surface area (Å²) in [6, 6.07) is 3.23. The third-order valence-electron chi connectivity index (χ3n) is 8.69. The van der Waals surface area contributed by atoms with Gasteiger partial charge in [0.05, 0.1) is 17.5 Å². The number of benzene rings is 1. The number of carbonyl (C=O) groups excluding carboxylic acids is 1. The molecule has 0 saturated heterocycles. The summed E-state index contributed by atoms with van der Waals surface area (Å²) in [5, 5.41) is 17.9. The van der Waals surface area contributed by atoms with Crippen LogP contribution in [-0.4, -0.2) is 71.9 Å². The number of hydrogen-bond acceptors (Lipinski definition) is 6. The molecule has 3 N–H and O–H groups in total. The zero-order valence-electron chi connectivity index (χ0n) is 21.8. The van der Waals surface area contributed by atoms with E-state index >= 15 is 0 Å². The van der Waals surface area contributed by atoms with E-state index in [-0.39, 0.29) is 35.3 Å². The molecule has 1 amide bonds. The van der Waals surface area contributed by atoms with Gasteiger partial charge in [0.2, 0.25) is 5.91 Å². The minimum Gasteiger partial charge on any atom is -0.393 e. The SMILES string of the molecule is CN1C=C2C(=C(C3=CCNC(CC(=O)N(C)C4CC(O)C4)C3(C)C)C1)NN=C1C=Cc3cc(F)cc2c31. The van der Waals surface area contributed by atoms with Crippen LogP contribution in [0.2, 0.25) is 0 Å². The second-order valence-corrected chi connectivity index (χ2v) is 11.5. The Kier molecular flexibility index (Phi) is 5.65. The van der Waals surface area contributed by atoms with Gasteiger partial charge in [0, 0.05) is 74.0 Å². The van der Waals surface area contributed by atoms with Gasteiger partial charge in [-0.05, 0) is 47.8 Å². The van der Waals surface area contributed by atoms with E-state index in [1.54, 1.807) is 17.0 Å². The van der Waals surface area contributed by atoms with Crippen molar-refractivity contribution in [1.82, 2.24) is 20.5 Å². The zero-order chi connectivity index (χ0) is 26.1. The fourth-order valence-corrected chi connectivity index (χ4v) is 6.34. The van der Waals surface area contributed by atoms with Gasteiger partial charge in [0.1, 0.15) is 5.82 Å². The Morgan fingerprint density at radius 1 is 1.30 bits per heavy atom. The van der Waals surface area contributed by atoms with E-state index < -0.39 is 0 Å². The van der Waals surface area contributed by atoms with Crippen molar-refractivity contribution in [2.75, 3.05) is 27.2 Å². The topological polar surface area (TPSA) is 80.2 Å². The van der Waals surface area contributed by atoms with Crippen LogP contribution in [0, 0.1) is 11.2 Å². The van der Waals surface area contributed by atoms with Gasteiger partial charge in [-0.3, -0.25) is 10.2 Å². The van der Waals surface area contributed by atoms with E-state index in [0.29, 0.717) is 32.4 Å². The molecule has 0 spiro atoms. The molecule has 7 nitrogen and oxygen atoms in total. The van der Waals surface area contributed by atoms with Crippen molar-refractivity contribution >= 4 is 23.3 Å². The number of carbonyl (C=O) groups is 1. The van der Waals surface area contributed by atoms with Gasteiger partial charge in [-0.25, -0.2) is 4.39 Å². The van der Waals surface area contributed by atoms with Crippen molar-refractivity contribution in [1.29, 1.82) is 0 Å². The smallest absolute Gasteiger partial charge is 0.224 e. The molecule has 1 aromatic carbocycles. The third-order valence-corrected chi connectivity index (χ3v) is 8.69. The highest BCUT2D eigenvalue weighted by Crippen LogP contribution is 2.45. The first-order valence-corrected chi connectivity index (χ1v) is 13.0. The van der Waals surface area contributed by atoms with Crippen molar-refractivity contribution in [2.24, 2.45) is 10.5 Å². The molecule has 194 valence electrons. The second-order valence-electron chi connectivity index (χ2n) is 11.5. The van der Waals surface area contributed by atoms with Crippen LogP contribution in [0.15, 0.2) is 52.4 Å². The lowest BCUT2D eigenvalue weighted by Crippen LogP contribution is -2.53. The molecule has 0 aromatic heterocycles. The number of nitrogens with one attached hydrogen (secondary N) is 2. The maximum Gasteiger partial charge on any atom is 0.224 e. The van der Waals surface area contributed by atoms with Gasteiger partial charge >= 0.3 is 0 Å². The molecule has 1 atom stereocenters. The number of halogens is 1. The van der Waals surface area contributed by atoms with E-state index in [9.17, 15) is 14.3 Å². The van der Waals surface area contributed by atoms with Crippen LogP contribution in [-0.2, 0) is 4.79 Å². The van der Waals surface area contributed by atoms with Gasteiger partial charge in [-0.2, -0.15) is 5.10 Å². The molecular weight excluding hydrogens is 469 g/mol. The molecular formula is C29H34FN5O2. The summed E-state index contributed by atoms with van der Waals surface area (Å²) < 4.78 is 14.6. The first-order valence-electron chi connectivity index (χ1n) is 13.0. The Labute approximate surface area is 217 Å². The van der Waals surface area contributed by atoms with Crippen LogP contribution in [0.4, 0.5) is 4.39 Å². The summed E-state index contributed by atoms with van der Waals surface area (Å²) in [7, 11) is 3.88. The largest absolute Gasteiger partial charge is 0.393 e. The summed E-state index contributed by atoms with van der Waals surface area (Å²) in [6.45, 7) is 5.71. The number of aliphatic hydroxyl groups excluding tert-OH is 1. The fraction of sp³-hybridized carbons (Fsp3) is 0.448. The molecule has 0 radical (unpaired) electrons. The standard InChI is InChI=1S/C29H34FN5O2/c1-29(2)23(7-8-31-25(29)13-26(37)35(4)18-11-19(36)12-18)22-15-34(3)14-21-20-10-17(30)9-16-5-6-24(27(16)20)32-33-28(21)22/h5-7,9-10,14,18-19,25,31,33,36H,8,11-13,15H2,1-4H3. The third kappa shape index (κ3) is 3.94. The number of allylic oxidation sites excluding steroid dienone is 2. The first kappa shape index (κ1) is 24.1. The summed E-state index contributed by atoms with van der Waals surface area (Å²) in [4.78, 5) is 17.1. The van der Waals surface area contributed by atoms with Crippen LogP contribution in [0.1, 0.15) is 49.8 Å². The van der Waals surface area contributed by atoms with Crippen molar-refractivity contribution in [2.45, 2.75) is 51.3 Å². The molecule has 1 saturated carbocycles. The Bertz CT molecular complexity index is 1330. The molecule has 5 aliphatic rings. The first-order chi connectivity index (χ1) is 17.6. The lowest BCUT2D eigenvalue weighted by molar-refractivity contribution is -0.137. The lowest BCUT2D eigenvalue weighted by atomic mass is 9.69. The summed E-state index contributed by atoms with van der Waals surface area (Å²) in [5.74, 6) is -0.171. The fourth-order valence-electron chi connectivity index (χ4n) is 6.34. The molecule has 1 unspecified atom stereocenters. The van der Waals surface area contributed by atoms with E-state index in [1.807, 2.05) is 26.2 Å². The molecule has 37 heavy (non-hydrogen) atoms. The van der Waals surface area contributed by atoms with Gasteiger partial charge < -0.3 is 20.2 Å². The molecule has 0 bridgehead atoms. The number of nitrogens with zero attached hydrogens (tertiary/aromatic N) is 3. The monoisotopic (exact) mass is 503 g/mol. The predicted molar refractivity (Wildman–Crippen MR) is 143 cm³/mol. The van der Waals surface area contributed by atoms with Crippen molar-refractivity contribution in [3.63, 3.8) is 0 Å². The maximum absolute atomic E-state index is 14.6. The summed E-state index contributed by atoms with van der Waals surface area (Å²) >= 11 is 0. The van der Waals surface area contributed by atoms with Crippen LogP contribution in [0.25, 0.3) is 11.6 Å². The average molecular weight is 504 g/mol. The van der Waals surface area contributed by atoms with E-state index in [1.165, 1.54) is 5.57 Å². The normalized spacial score (nSPS) is 27.2. The van der Waals surface area contributed by atoms with Crippen molar-refractivity contribution in [3.8, 4) is 0 Å². The highest BCUT2D eigenvalue weighted by molar-refractivity contribution is 6.20. The van der Waals surface area contributed by atoms with Crippen LogP contribution in [0.3, 0.4) is 0 Å². The van der Waals surface area contributed by atoms with Gasteiger partial charge in [0.15, 0.2) is 0 Å². The number of amides is 1. The van der Waals surface area contributed by atoms with E-state index in [4.69, 9.17) is 5.10 Å². The Morgan fingerprint density at radius 3 is 2.84 bits per heavy atom. The molecule has 3 heterocycles. The van der Waals surface area contributed by atoms with Gasteiger partial charge in [0.25, 0.3) is 0 Å². The minimum absolute atomic E-state index is 0.0526. The van der Waals surface area contributed by atoms with Gasteiger partial charge in [-0.1, -0.05) is 26.0 Å². The molecule has 1 fully saturated rings.